The van der Waals surface area contributed by atoms with Gasteiger partial charge in [0.15, 0.2) is 10.8 Å². The van der Waals surface area contributed by atoms with Gasteiger partial charge < -0.3 is 19.9 Å². The lowest BCUT2D eigenvalue weighted by atomic mass is 10.1. The van der Waals surface area contributed by atoms with E-state index in [1.54, 1.807) is 50.5 Å². The molecule has 1 unspecified atom stereocenters. The van der Waals surface area contributed by atoms with Crippen molar-refractivity contribution in [2.24, 2.45) is 5.92 Å². The fourth-order valence-electron chi connectivity index (χ4n) is 4.22. The summed E-state index contributed by atoms with van der Waals surface area (Å²) in [6.45, 7) is 5.01. The van der Waals surface area contributed by atoms with E-state index in [4.69, 9.17) is 26.4 Å². The van der Waals surface area contributed by atoms with E-state index >= 15 is 0 Å². The molecule has 0 bridgehead atoms. The summed E-state index contributed by atoms with van der Waals surface area (Å²) in [4.78, 5) is 24.3. The van der Waals surface area contributed by atoms with Gasteiger partial charge in [-0.1, -0.05) is 42.0 Å². The van der Waals surface area contributed by atoms with Gasteiger partial charge in [0.05, 0.1) is 19.0 Å². The summed E-state index contributed by atoms with van der Waals surface area (Å²) in [6.07, 6.45) is 6.16. The van der Waals surface area contributed by atoms with Crippen molar-refractivity contribution in [1.29, 1.82) is 0 Å². The molecule has 3 aromatic rings. The van der Waals surface area contributed by atoms with Crippen LogP contribution in [0, 0.1) is 5.92 Å². The SMILES string of the molecule is CC(C)N([C@@H](C)C(=O)O)P(=O)(OC[C@@H]1C=C[C@H](n2cnc3c(Cl)nc(N)nc32)C1)Oc1ccccc1. The van der Waals surface area contributed by atoms with Crippen LogP contribution in [0.1, 0.15) is 33.2 Å². The molecule has 13 heteroatoms. The third kappa shape index (κ3) is 5.39. The maximum Gasteiger partial charge on any atom is 0.462 e. The second-order valence-corrected chi connectivity index (χ2v) is 11.0. The number of carbonyl (C=O) groups is 1. The first-order valence-corrected chi connectivity index (χ1v) is 13.3. The molecule has 192 valence electrons. The van der Waals surface area contributed by atoms with Gasteiger partial charge in [-0.2, -0.15) is 14.6 Å². The van der Waals surface area contributed by atoms with Crippen LogP contribution in [-0.4, -0.2) is 54.0 Å². The second-order valence-electron chi connectivity index (χ2n) is 8.80. The van der Waals surface area contributed by atoms with E-state index in [1.807, 2.05) is 16.7 Å². The quantitative estimate of drug-likeness (QED) is 0.215. The lowest BCUT2D eigenvalue weighted by molar-refractivity contribution is -0.141. The Morgan fingerprint density at radius 3 is 2.67 bits per heavy atom. The summed E-state index contributed by atoms with van der Waals surface area (Å²) in [5.41, 5.74) is 6.73. The molecule has 0 fully saturated rings. The van der Waals surface area contributed by atoms with Gasteiger partial charge in [-0.25, -0.2) is 9.55 Å². The Labute approximate surface area is 213 Å². The molecular weight excluding hydrogens is 507 g/mol. The zero-order chi connectivity index (χ0) is 26.0. The highest BCUT2D eigenvalue weighted by molar-refractivity contribution is 7.51. The zero-order valence-electron chi connectivity index (χ0n) is 20.1. The number of nitrogens with zero attached hydrogens (tertiary/aromatic N) is 5. The molecule has 4 atom stereocenters. The predicted octanol–water partition coefficient (Wildman–Crippen LogP) is 4.57. The van der Waals surface area contributed by atoms with E-state index in [9.17, 15) is 14.5 Å². The molecular formula is C23H28ClN6O5P. The summed E-state index contributed by atoms with van der Waals surface area (Å²) in [5, 5.41) is 9.83. The maximum absolute atomic E-state index is 14.1. The largest absolute Gasteiger partial charge is 0.480 e. The summed E-state index contributed by atoms with van der Waals surface area (Å²) in [6, 6.07) is 6.94. The number of allylic oxidation sites excluding steroid dienone is 1. The Kier molecular flexibility index (Phi) is 7.65. The second kappa shape index (κ2) is 10.6. The zero-order valence-corrected chi connectivity index (χ0v) is 21.7. The van der Waals surface area contributed by atoms with Crippen molar-refractivity contribution < 1.29 is 23.5 Å². The highest BCUT2D eigenvalue weighted by Gasteiger charge is 2.44. The van der Waals surface area contributed by atoms with Gasteiger partial charge in [-0.15, -0.1) is 0 Å². The fourth-order valence-corrected chi connectivity index (χ4v) is 6.58. The molecule has 1 aromatic carbocycles. The van der Waals surface area contributed by atoms with Crippen molar-refractivity contribution in [2.75, 3.05) is 12.3 Å². The average Bonchev–Trinajstić information content (AvgIpc) is 3.45. The number of imidazole rings is 1. The van der Waals surface area contributed by atoms with Gasteiger partial charge in [0.1, 0.15) is 17.3 Å². The smallest absolute Gasteiger partial charge is 0.462 e. The van der Waals surface area contributed by atoms with E-state index in [-0.39, 0.29) is 29.7 Å². The van der Waals surface area contributed by atoms with Crippen molar-refractivity contribution in [1.82, 2.24) is 24.2 Å². The number of anilines is 1. The predicted molar refractivity (Wildman–Crippen MR) is 136 cm³/mol. The first-order valence-electron chi connectivity index (χ1n) is 11.4. The summed E-state index contributed by atoms with van der Waals surface area (Å²) in [5.74, 6) is -0.875. The summed E-state index contributed by atoms with van der Waals surface area (Å²) in [7, 11) is -4.06. The minimum Gasteiger partial charge on any atom is -0.480 e. The lowest BCUT2D eigenvalue weighted by Crippen LogP contribution is -2.42. The van der Waals surface area contributed by atoms with Gasteiger partial charge >= 0.3 is 13.7 Å². The highest BCUT2D eigenvalue weighted by Crippen LogP contribution is 2.55. The minimum atomic E-state index is -4.06. The van der Waals surface area contributed by atoms with Crippen LogP contribution >= 0.6 is 19.3 Å². The van der Waals surface area contributed by atoms with Crippen LogP contribution in [-0.2, 0) is 13.9 Å². The number of benzene rings is 1. The third-order valence-electron chi connectivity index (χ3n) is 5.88. The molecule has 0 spiro atoms. The maximum atomic E-state index is 14.1. The number of hydrogen-bond acceptors (Lipinski definition) is 8. The average molecular weight is 535 g/mol. The molecule has 0 saturated carbocycles. The number of aromatic nitrogens is 4. The number of carboxylic acid groups (broad SMARTS) is 1. The van der Waals surface area contributed by atoms with Crippen molar-refractivity contribution in [3.05, 3.63) is 54.0 Å². The molecule has 0 amide bonds. The monoisotopic (exact) mass is 534 g/mol. The number of hydrogen-bond donors (Lipinski definition) is 2. The first kappa shape index (κ1) is 26.1. The number of para-hydroxylation sites is 1. The van der Waals surface area contributed by atoms with Crippen molar-refractivity contribution in [3.63, 3.8) is 0 Å². The molecule has 2 heterocycles. The van der Waals surface area contributed by atoms with Crippen molar-refractivity contribution in [2.45, 2.75) is 45.3 Å². The molecule has 0 aliphatic heterocycles. The number of halogens is 1. The number of carboxylic acids is 1. The van der Waals surface area contributed by atoms with Gasteiger partial charge in [0, 0.05) is 12.0 Å². The molecule has 1 aliphatic rings. The van der Waals surface area contributed by atoms with Gasteiger partial charge in [-0.3, -0.25) is 9.32 Å². The van der Waals surface area contributed by atoms with E-state index < -0.39 is 25.8 Å². The van der Waals surface area contributed by atoms with Crippen LogP contribution in [0.25, 0.3) is 11.2 Å². The topological polar surface area (TPSA) is 146 Å². The van der Waals surface area contributed by atoms with Crippen LogP contribution in [0.2, 0.25) is 5.15 Å². The first-order chi connectivity index (χ1) is 17.1. The Morgan fingerprint density at radius 1 is 1.28 bits per heavy atom. The number of nitrogen functional groups attached to an aromatic ring is 1. The molecule has 0 radical (unpaired) electrons. The lowest BCUT2D eigenvalue weighted by Gasteiger charge is -2.35. The number of rotatable bonds is 10. The Morgan fingerprint density at radius 2 is 2.00 bits per heavy atom. The normalized spacial score (nSPS) is 20.2. The molecule has 36 heavy (non-hydrogen) atoms. The van der Waals surface area contributed by atoms with E-state index in [0.717, 1.165) is 0 Å². The van der Waals surface area contributed by atoms with E-state index in [1.165, 1.54) is 11.6 Å². The van der Waals surface area contributed by atoms with Gasteiger partial charge in [-0.05, 0) is 39.3 Å². The number of nitrogens with two attached hydrogens (primary N) is 1. The molecule has 2 aromatic heterocycles. The van der Waals surface area contributed by atoms with Crippen LogP contribution in [0.3, 0.4) is 0 Å². The Bertz CT molecular complexity index is 1320. The Hall–Kier alpha value is -2.98. The molecule has 0 saturated heterocycles. The number of fused-ring (bicyclic) bond motifs is 1. The summed E-state index contributed by atoms with van der Waals surface area (Å²) >= 11 is 6.14. The molecule has 11 nitrogen and oxygen atoms in total. The van der Waals surface area contributed by atoms with Crippen LogP contribution in [0.15, 0.2) is 48.8 Å². The van der Waals surface area contributed by atoms with Crippen LogP contribution in [0.5, 0.6) is 5.75 Å². The van der Waals surface area contributed by atoms with Crippen LogP contribution in [0.4, 0.5) is 5.95 Å². The highest BCUT2D eigenvalue weighted by atomic mass is 35.5. The van der Waals surface area contributed by atoms with Crippen molar-refractivity contribution in [3.8, 4) is 5.75 Å². The molecule has 1 aliphatic carbocycles. The molecule has 4 rings (SSSR count). The summed E-state index contributed by atoms with van der Waals surface area (Å²) < 4.78 is 29.1. The van der Waals surface area contributed by atoms with Crippen molar-refractivity contribution >= 4 is 42.4 Å². The Balaban J connectivity index is 1.54. The fraction of sp³-hybridized carbons (Fsp3) is 0.391. The molecule has 3 N–H and O–H groups in total. The van der Waals surface area contributed by atoms with E-state index in [2.05, 4.69) is 15.0 Å². The third-order valence-corrected chi connectivity index (χ3v) is 8.44. The van der Waals surface area contributed by atoms with E-state index in [0.29, 0.717) is 23.3 Å². The minimum absolute atomic E-state index is 0.0523. The van der Waals surface area contributed by atoms with Gasteiger partial charge in [0.2, 0.25) is 5.95 Å². The van der Waals surface area contributed by atoms with Crippen LogP contribution < -0.4 is 10.3 Å². The number of aliphatic carboxylic acids is 1. The standard InChI is InChI=1S/C23H28ClN6O5P/c1-14(2)30(15(3)22(31)32)36(33,35-18-7-5-4-6-8-18)34-12-16-9-10-17(11-16)29-13-26-19-20(24)27-23(25)28-21(19)29/h4-10,13-17H,11-12H2,1-3H3,(H,31,32)(H2,25,27,28)/t15-,16+,17-,36?/m0/s1. The van der Waals surface area contributed by atoms with Gasteiger partial charge in [0.25, 0.3) is 0 Å².